The summed E-state index contributed by atoms with van der Waals surface area (Å²) < 4.78 is 0. The number of carboxylic acid groups (broad SMARTS) is 1. The lowest BCUT2D eigenvalue weighted by atomic mass is 9.99. The predicted octanol–water partition coefficient (Wildman–Crippen LogP) is -0.189. The van der Waals surface area contributed by atoms with Gasteiger partial charge in [0, 0.05) is 13.1 Å². The van der Waals surface area contributed by atoms with E-state index in [4.69, 9.17) is 5.11 Å². The van der Waals surface area contributed by atoms with Crippen molar-refractivity contribution >= 4 is 12.0 Å². The third-order valence-electron chi connectivity index (χ3n) is 2.93. The summed E-state index contributed by atoms with van der Waals surface area (Å²) >= 11 is 0. The number of rotatable bonds is 3. The number of piperidine rings is 1. The van der Waals surface area contributed by atoms with Crippen molar-refractivity contribution in [2.24, 2.45) is 5.92 Å². The van der Waals surface area contributed by atoms with Gasteiger partial charge in [-0.15, -0.1) is 0 Å². The zero-order valence-electron chi connectivity index (χ0n) is 9.80. The van der Waals surface area contributed by atoms with Gasteiger partial charge in [0.1, 0.15) is 12.2 Å². The summed E-state index contributed by atoms with van der Waals surface area (Å²) in [7, 11) is 0. The molecule has 0 unspecified atom stereocenters. The minimum Gasteiger partial charge on any atom is -0.481 e. The standard InChI is InChI=1S/C10H15N5O3/c16-9(17)7-2-1-3-15(5-7)10(18)11-4-8-12-6-13-14-8/h6-7H,1-5H2,(H,11,18)(H,16,17)(H,12,13,14)/t7-/m0/s1. The monoisotopic (exact) mass is 253 g/mol. The molecule has 1 fully saturated rings. The quantitative estimate of drug-likeness (QED) is 0.691. The lowest BCUT2D eigenvalue weighted by molar-refractivity contribution is -0.143. The van der Waals surface area contributed by atoms with E-state index in [1.165, 1.54) is 11.2 Å². The van der Waals surface area contributed by atoms with Crippen LogP contribution in [0.5, 0.6) is 0 Å². The van der Waals surface area contributed by atoms with Crippen LogP contribution in [0, 0.1) is 5.92 Å². The maximum atomic E-state index is 11.8. The Morgan fingerprint density at radius 2 is 2.44 bits per heavy atom. The summed E-state index contributed by atoms with van der Waals surface area (Å²) in [6.07, 6.45) is 2.71. The van der Waals surface area contributed by atoms with Gasteiger partial charge in [-0.25, -0.2) is 9.78 Å². The fourth-order valence-electron chi connectivity index (χ4n) is 1.95. The second-order valence-corrected chi connectivity index (χ2v) is 4.21. The van der Waals surface area contributed by atoms with E-state index in [2.05, 4.69) is 20.5 Å². The average molecular weight is 253 g/mol. The number of likely N-dealkylation sites (tertiary alicyclic amines) is 1. The normalized spacial score (nSPS) is 19.6. The van der Waals surface area contributed by atoms with Crippen molar-refractivity contribution in [3.63, 3.8) is 0 Å². The van der Waals surface area contributed by atoms with Crippen LogP contribution in [0.2, 0.25) is 0 Å². The molecule has 0 spiro atoms. The topological polar surface area (TPSA) is 111 Å². The van der Waals surface area contributed by atoms with Gasteiger partial charge >= 0.3 is 12.0 Å². The van der Waals surface area contributed by atoms with Gasteiger partial charge in [-0.05, 0) is 12.8 Å². The number of urea groups is 1. The molecule has 0 radical (unpaired) electrons. The number of aromatic nitrogens is 3. The number of aliphatic carboxylic acids is 1. The highest BCUT2D eigenvalue weighted by atomic mass is 16.4. The van der Waals surface area contributed by atoms with Crippen molar-refractivity contribution in [3.05, 3.63) is 12.2 Å². The molecule has 1 aliphatic heterocycles. The zero-order valence-corrected chi connectivity index (χ0v) is 9.80. The summed E-state index contributed by atoms with van der Waals surface area (Å²) in [4.78, 5) is 28.1. The van der Waals surface area contributed by atoms with Crippen molar-refractivity contribution in [2.45, 2.75) is 19.4 Å². The second-order valence-electron chi connectivity index (χ2n) is 4.21. The molecule has 1 aliphatic rings. The second kappa shape index (κ2) is 5.48. The predicted molar refractivity (Wildman–Crippen MR) is 60.6 cm³/mol. The average Bonchev–Trinajstić information content (AvgIpc) is 2.89. The summed E-state index contributed by atoms with van der Waals surface area (Å²) in [6.45, 7) is 1.11. The SMILES string of the molecule is O=C(O)[C@H]1CCCN(C(=O)NCc2ncn[nH]2)C1. The smallest absolute Gasteiger partial charge is 0.317 e. The van der Waals surface area contributed by atoms with E-state index in [-0.39, 0.29) is 19.1 Å². The van der Waals surface area contributed by atoms with Gasteiger partial charge < -0.3 is 15.3 Å². The van der Waals surface area contributed by atoms with Crippen molar-refractivity contribution in [1.29, 1.82) is 0 Å². The van der Waals surface area contributed by atoms with E-state index in [0.717, 1.165) is 0 Å². The molecule has 8 heteroatoms. The van der Waals surface area contributed by atoms with Crippen LogP contribution in [0.4, 0.5) is 4.79 Å². The third-order valence-corrected chi connectivity index (χ3v) is 2.93. The molecule has 98 valence electrons. The molecule has 8 nitrogen and oxygen atoms in total. The Bertz CT molecular complexity index is 419. The van der Waals surface area contributed by atoms with Crippen molar-refractivity contribution < 1.29 is 14.7 Å². The molecule has 2 amide bonds. The first kappa shape index (κ1) is 12.3. The van der Waals surface area contributed by atoms with Gasteiger partial charge in [0.05, 0.1) is 12.5 Å². The summed E-state index contributed by atoms with van der Waals surface area (Å²) in [5.41, 5.74) is 0. The van der Waals surface area contributed by atoms with Gasteiger partial charge in [0.15, 0.2) is 0 Å². The molecule has 2 heterocycles. The molecule has 3 N–H and O–H groups in total. The third kappa shape index (κ3) is 2.96. The van der Waals surface area contributed by atoms with E-state index in [1.54, 1.807) is 0 Å². The van der Waals surface area contributed by atoms with Crippen LogP contribution in [0.25, 0.3) is 0 Å². The molecule has 1 aromatic heterocycles. The molecule has 0 saturated carbocycles. The molecule has 1 saturated heterocycles. The van der Waals surface area contributed by atoms with Crippen LogP contribution in [0.15, 0.2) is 6.33 Å². The Balaban J connectivity index is 1.83. The number of carbonyl (C=O) groups is 2. The molecule has 0 bridgehead atoms. The minimum atomic E-state index is -0.845. The molecule has 1 aromatic rings. The van der Waals surface area contributed by atoms with Crippen LogP contribution < -0.4 is 5.32 Å². The highest BCUT2D eigenvalue weighted by Crippen LogP contribution is 2.16. The highest BCUT2D eigenvalue weighted by Gasteiger charge is 2.27. The van der Waals surface area contributed by atoms with Gasteiger partial charge in [-0.1, -0.05) is 0 Å². The van der Waals surface area contributed by atoms with E-state index in [9.17, 15) is 9.59 Å². The Morgan fingerprint density at radius 1 is 1.61 bits per heavy atom. The number of H-pyrrole nitrogens is 1. The minimum absolute atomic E-state index is 0.257. The number of aromatic amines is 1. The van der Waals surface area contributed by atoms with E-state index in [1.807, 2.05) is 0 Å². The van der Waals surface area contributed by atoms with E-state index >= 15 is 0 Å². The molecular weight excluding hydrogens is 238 g/mol. The van der Waals surface area contributed by atoms with Crippen LogP contribution in [0.3, 0.4) is 0 Å². The van der Waals surface area contributed by atoms with E-state index in [0.29, 0.717) is 25.2 Å². The first-order valence-electron chi connectivity index (χ1n) is 5.76. The van der Waals surface area contributed by atoms with Gasteiger partial charge in [-0.3, -0.25) is 9.89 Å². The fraction of sp³-hybridized carbons (Fsp3) is 0.600. The number of nitrogens with zero attached hydrogens (tertiary/aromatic N) is 3. The number of hydrogen-bond donors (Lipinski definition) is 3. The maximum Gasteiger partial charge on any atom is 0.317 e. The Kier molecular flexibility index (Phi) is 3.75. The van der Waals surface area contributed by atoms with Crippen molar-refractivity contribution in [2.75, 3.05) is 13.1 Å². The summed E-state index contributed by atoms with van der Waals surface area (Å²) in [5, 5.41) is 17.9. The summed E-state index contributed by atoms with van der Waals surface area (Å²) in [6, 6.07) is -0.266. The first-order chi connectivity index (χ1) is 8.66. The van der Waals surface area contributed by atoms with Crippen molar-refractivity contribution in [1.82, 2.24) is 25.4 Å². The van der Waals surface area contributed by atoms with Gasteiger partial charge in [0.2, 0.25) is 0 Å². The number of nitrogens with one attached hydrogen (secondary N) is 2. The lowest BCUT2D eigenvalue weighted by Gasteiger charge is -2.30. The Morgan fingerprint density at radius 3 is 3.11 bits per heavy atom. The summed E-state index contributed by atoms with van der Waals surface area (Å²) in [5.74, 6) is -0.743. The largest absolute Gasteiger partial charge is 0.481 e. The number of carboxylic acids is 1. The maximum absolute atomic E-state index is 11.8. The zero-order chi connectivity index (χ0) is 13.0. The van der Waals surface area contributed by atoms with Crippen LogP contribution in [-0.4, -0.2) is 50.3 Å². The van der Waals surface area contributed by atoms with Crippen molar-refractivity contribution in [3.8, 4) is 0 Å². The number of hydrogen-bond acceptors (Lipinski definition) is 4. The van der Waals surface area contributed by atoms with Gasteiger partial charge in [-0.2, -0.15) is 5.10 Å². The molecule has 18 heavy (non-hydrogen) atoms. The Hall–Kier alpha value is -2.12. The molecule has 1 atom stereocenters. The highest BCUT2D eigenvalue weighted by molar-refractivity contribution is 5.76. The molecular formula is C10H15N5O3. The van der Waals surface area contributed by atoms with Crippen LogP contribution >= 0.6 is 0 Å². The molecule has 0 aliphatic carbocycles. The lowest BCUT2D eigenvalue weighted by Crippen LogP contribution is -2.46. The van der Waals surface area contributed by atoms with Gasteiger partial charge in [0.25, 0.3) is 0 Å². The number of carbonyl (C=O) groups excluding carboxylic acids is 1. The first-order valence-corrected chi connectivity index (χ1v) is 5.76. The van der Waals surface area contributed by atoms with E-state index < -0.39 is 11.9 Å². The molecule has 2 rings (SSSR count). The Labute approximate surface area is 103 Å². The van der Waals surface area contributed by atoms with Crippen LogP contribution in [-0.2, 0) is 11.3 Å². The van der Waals surface area contributed by atoms with Crippen LogP contribution in [0.1, 0.15) is 18.7 Å². The number of amides is 2. The fourth-order valence-corrected chi connectivity index (χ4v) is 1.95. The molecule has 0 aromatic carbocycles.